The van der Waals surface area contributed by atoms with Crippen molar-refractivity contribution in [3.63, 3.8) is 0 Å². The van der Waals surface area contributed by atoms with Crippen molar-refractivity contribution in [2.75, 3.05) is 18.9 Å². The van der Waals surface area contributed by atoms with Crippen LogP contribution in [0.2, 0.25) is 0 Å². The van der Waals surface area contributed by atoms with Crippen LogP contribution in [0.15, 0.2) is 29.2 Å². The standard InChI is InChI=1S/C16H23NO3S/c1-2-20-13-6-8-14(9-7-13)21-11-16(19)17-10-12-4-3-5-15(12)18/h6-9,12,15,18H,2-5,10-11H2,1H3,(H,17,19). The Morgan fingerprint density at radius 1 is 1.38 bits per heavy atom. The Morgan fingerprint density at radius 3 is 2.76 bits per heavy atom. The third-order valence-corrected chi connectivity index (χ3v) is 4.70. The van der Waals surface area contributed by atoms with Gasteiger partial charge in [0.1, 0.15) is 5.75 Å². The van der Waals surface area contributed by atoms with Gasteiger partial charge in [0.05, 0.1) is 18.5 Å². The monoisotopic (exact) mass is 309 g/mol. The molecular weight excluding hydrogens is 286 g/mol. The second-order valence-corrected chi connectivity index (χ2v) is 6.30. The summed E-state index contributed by atoms with van der Waals surface area (Å²) in [6, 6.07) is 7.75. The van der Waals surface area contributed by atoms with E-state index in [2.05, 4.69) is 5.32 Å². The zero-order valence-electron chi connectivity index (χ0n) is 12.4. The molecule has 1 aromatic carbocycles. The Morgan fingerprint density at radius 2 is 2.14 bits per heavy atom. The maximum absolute atomic E-state index is 11.8. The van der Waals surface area contributed by atoms with E-state index >= 15 is 0 Å². The minimum atomic E-state index is -0.246. The van der Waals surface area contributed by atoms with Gasteiger partial charge in [0.15, 0.2) is 0 Å². The highest BCUT2D eigenvalue weighted by atomic mass is 32.2. The van der Waals surface area contributed by atoms with E-state index in [4.69, 9.17) is 4.74 Å². The molecule has 1 aliphatic rings. The average molecular weight is 309 g/mol. The van der Waals surface area contributed by atoms with Crippen LogP contribution in [0.25, 0.3) is 0 Å². The zero-order chi connectivity index (χ0) is 15.1. The first-order valence-electron chi connectivity index (χ1n) is 7.49. The fourth-order valence-electron chi connectivity index (χ4n) is 2.50. The van der Waals surface area contributed by atoms with E-state index in [9.17, 15) is 9.90 Å². The summed E-state index contributed by atoms with van der Waals surface area (Å²) in [5.41, 5.74) is 0. The van der Waals surface area contributed by atoms with Crippen LogP contribution in [0, 0.1) is 5.92 Å². The summed E-state index contributed by atoms with van der Waals surface area (Å²) in [5, 5.41) is 12.6. The Labute approximate surface area is 130 Å². The van der Waals surface area contributed by atoms with Gasteiger partial charge in [0, 0.05) is 17.4 Å². The third kappa shape index (κ3) is 5.25. The van der Waals surface area contributed by atoms with Gasteiger partial charge in [-0.05, 0) is 44.0 Å². The fraction of sp³-hybridized carbons (Fsp3) is 0.562. The number of nitrogens with one attached hydrogen (secondary N) is 1. The normalized spacial score (nSPS) is 21.2. The molecule has 2 atom stereocenters. The minimum absolute atomic E-state index is 0.0213. The first-order valence-corrected chi connectivity index (χ1v) is 8.48. The van der Waals surface area contributed by atoms with Crippen molar-refractivity contribution in [2.45, 2.75) is 37.2 Å². The van der Waals surface area contributed by atoms with E-state index in [0.29, 0.717) is 18.9 Å². The summed E-state index contributed by atoms with van der Waals surface area (Å²) in [7, 11) is 0. The van der Waals surface area contributed by atoms with Gasteiger partial charge < -0.3 is 15.2 Å². The Kier molecular flexibility index (Phi) is 6.39. The van der Waals surface area contributed by atoms with Crippen LogP contribution in [0.5, 0.6) is 5.75 Å². The van der Waals surface area contributed by atoms with E-state index in [1.165, 1.54) is 11.8 Å². The first-order chi connectivity index (χ1) is 10.2. The summed E-state index contributed by atoms with van der Waals surface area (Å²) < 4.78 is 5.38. The van der Waals surface area contributed by atoms with E-state index in [-0.39, 0.29) is 17.9 Å². The van der Waals surface area contributed by atoms with Crippen LogP contribution in [-0.4, -0.2) is 36.0 Å². The molecule has 1 fully saturated rings. The Balaban J connectivity index is 1.68. The SMILES string of the molecule is CCOc1ccc(SCC(=O)NCC2CCCC2O)cc1. The smallest absolute Gasteiger partial charge is 0.230 e. The predicted octanol–water partition coefficient (Wildman–Crippen LogP) is 2.45. The van der Waals surface area contributed by atoms with Crippen molar-refractivity contribution >= 4 is 17.7 Å². The number of carbonyl (C=O) groups is 1. The number of thioether (sulfide) groups is 1. The van der Waals surface area contributed by atoms with Crippen molar-refractivity contribution in [3.05, 3.63) is 24.3 Å². The van der Waals surface area contributed by atoms with Gasteiger partial charge in [-0.15, -0.1) is 11.8 Å². The number of carbonyl (C=O) groups excluding carboxylic acids is 1. The van der Waals surface area contributed by atoms with Crippen molar-refractivity contribution in [3.8, 4) is 5.75 Å². The molecule has 2 N–H and O–H groups in total. The molecule has 2 rings (SSSR count). The molecule has 0 aromatic heterocycles. The lowest BCUT2D eigenvalue weighted by atomic mass is 10.1. The number of aliphatic hydroxyl groups is 1. The summed E-state index contributed by atoms with van der Waals surface area (Å²) in [4.78, 5) is 12.9. The van der Waals surface area contributed by atoms with Crippen LogP contribution in [0.3, 0.4) is 0 Å². The lowest BCUT2D eigenvalue weighted by Crippen LogP contribution is -2.33. The molecule has 4 nitrogen and oxygen atoms in total. The average Bonchev–Trinajstić information content (AvgIpc) is 2.90. The molecule has 1 aromatic rings. The number of amides is 1. The van der Waals surface area contributed by atoms with E-state index in [0.717, 1.165) is 29.9 Å². The molecule has 0 saturated heterocycles. The topological polar surface area (TPSA) is 58.6 Å². The zero-order valence-corrected chi connectivity index (χ0v) is 13.2. The van der Waals surface area contributed by atoms with E-state index in [1.807, 2.05) is 31.2 Å². The van der Waals surface area contributed by atoms with Gasteiger partial charge in [-0.25, -0.2) is 0 Å². The Bertz CT molecular complexity index is 449. The molecule has 1 saturated carbocycles. The van der Waals surface area contributed by atoms with E-state index < -0.39 is 0 Å². The number of benzene rings is 1. The highest BCUT2D eigenvalue weighted by molar-refractivity contribution is 8.00. The number of hydrogen-bond acceptors (Lipinski definition) is 4. The van der Waals surface area contributed by atoms with Gasteiger partial charge >= 0.3 is 0 Å². The molecule has 0 heterocycles. The molecule has 1 amide bonds. The third-order valence-electron chi connectivity index (χ3n) is 3.69. The quantitative estimate of drug-likeness (QED) is 0.760. The molecule has 5 heteroatoms. The van der Waals surface area contributed by atoms with Crippen LogP contribution in [0.4, 0.5) is 0 Å². The van der Waals surface area contributed by atoms with Gasteiger partial charge in [-0.2, -0.15) is 0 Å². The lowest BCUT2D eigenvalue weighted by Gasteiger charge is -2.14. The molecule has 0 radical (unpaired) electrons. The Hall–Kier alpha value is -1.20. The van der Waals surface area contributed by atoms with Crippen molar-refractivity contribution < 1.29 is 14.6 Å². The number of rotatable bonds is 7. The minimum Gasteiger partial charge on any atom is -0.494 e. The number of ether oxygens (including phenoxy) is 1. The molecule has 0 aliphatic heterocycles. The first kappa shape index (κ1) is 16.2. The highest BCUT2D eigenvalue weighted by Crippen LogP contribution is 2.25. The second kappa shape index (κ2) is 8.29. The van der Waals surface area contributed by atoms with Crippen molar-refractivity contribution in [2.24, 2.45) is 5.92 Å². The van der Waals surface area contributed by atoms with Crippen LogP contribution in [0.1, 0.15) is 26.2 Å². The van der Waals surface area contributed by atoms with Crippen LogP contribution >= 0.6 is 11.8 Å². The molecule has 2 unspecified atom stereocenters. The van der Waals surface area contributed by atoms with Crippen LogP contribution < -0.4 is 10.1 Å². The highest BCUT2D eigenvalue weighted by Gasteiger charge is 2.25. The molecule has 0 bridgehead atoms. The van der Waals surface area contributed by atoms with Gasteiger partial charge in [0.2, 0.25) is 5.91 Å². The van der Waals surface area contributed by atoms with Crippen molar-refractivity contribution in [1.82, 2.24) is 5.32 Å². The van der Waals surface area contributed by atoms with Gasteiger partial charge in [0.25, 0.3) is 0 Å². The summed E-state index contributed by atoms with van der Waals surface area (Å²) in [6.07, 6.45) is 2.68. The number of aliphatic hydroxyl groups excluding tert-OH is 1. The fourth-order valence-corrected chi connectivity index (χ4v) is 3.23. The molecular formula is C16H23NO3S. The van der Waals surface area contributed by atoms with Crippen LogP contribution in [-0.2, 0) is 4.79 Å². The maximum atomic E-state index is 11.8. The molecule has 116 valence electrons. The predicted molar refractivity (Wildman–Crippen MR) is 84.7 cm³/mol. The number of hydrogen-bond donors (Lipinski definition) is 2. The summed E-state index contributed by atoms with van der Waals surface area (Å²) >= 11 is 1.51. The summed E-state index contributed by atoms with van der Waals surface area (Å²) in [6.45, 7) is 3.19. The van der Waals surface area contributed by atoms with E-state index in [1.54, 1.807) is 0 Å². The maximum Gasteiger partial charge on any atom is 0.230 e. The molecule has 1 aliphatic carbocycles. The van der Waals surface area contributed by atoms with Gasteiger partial charge in [-0.3, -0.25) is 4.79 Å². The lowest BCUT2D eigenvalue weighted by molar-refractivity contribution is -0.118. The second-order valence-electron chi connectivity index (χ2n) is 5.26. The molecule has 21 heavy (non-hydrogen) atoms. The van der Waals surface area contributed by atoms with Crippen molar-refractivity contribution in [1.29, 1.82) is 0 Å². The largest absolute Gasteiger partial charge is 0.494 e. The molecule has 0 spiro atoms. The summed E-state index contributed by atoms with van der Waals surface area (Å²) in [5.74, 6) is 1.50. The van der Waals surface area contributed by atoms with Gasteiger partial charge in [-0.1, -0.05) is 6.42 Å².